The van der Waals surface area contributed by atoms with Crippen LogP contribution in [0.15, 0.2) is 12.7 Å². The monoisotopic (exact) mass is 361 g/mol. The van der Waals surface area contributed by atoms with E-state index in [4.69, 9.17) is 5.73 Å². The van der Waals surface area contributed by atoms with Gasteiger partial charge < -0.3 is 5.73 Å². The molecule has 0 amide bonds. The molecule has 1 nitrogen and oxygen atoms in total. The van der Waals surface area contributed by atoms with Crippen LogP contribution in [0.1, 0.15) is 17.8 Å². The van der Waals surface area contributed by atoms with Crippen molar-refractivity contribution in [2.75, 3.05) is 0 Å². The van der Waals surface area contributed by atoms with Crippen molar-refractivity contribution in [3.05, 3.63) is 17.6 Å². The Hall–Kier alpha value is 1.10. The molecule has 0 saturated carbocycles. The Bertz CT molecular complexity index is 269. The molecule has 2 N–H and O–H groups in total. The zero-order valence-electron chi connectivity index (χ0n) is 5.70. The molecule has 62 valence electrons. The molecule has 0 spiro atoms. The fraction of sp³-hybridized carbons (Fsp3) is 0.333. The van der Waals surface area contributed by atoms with Gasteiger partial charge in [-0.25, -0.2) is 0 Å². The second-order valence-corrected chi connectivity index (χ2v) is 6.11. The molecular weight excluding hydrogens is 358 g/mol. The molecule has 1 heterocycles. The summed E-state index contributed by atoms with van der Waals surface area (Å²) in [6.07, 6.45) is 0. The van der Waals surface area contributed by atoms with E-state index >= 15 is 0 Å². The van der Waals surface area contributed by atoms with Crippen molar-refractivity contribution < 1.29 is 0 Å². The second-order valence-electron chi connectivity index (χ2n) is 2.16. The third-order valence-electron chi connectivity index (χ3n) is 1.19. The third kappa shape index (κ3) is 2.06. The number of halogens is 3. The Balaban J connectivity index is 3.19. The maximum atomic E-state index is 5.74. The number of hydrogen-bond donors (Lipinski definition) is 1. The second kappa shape index (κ2) is 3.87. The van der Waals surface area contributed by atoms with Crippen molar-refractivity contribution in [2.45, 2.75) is 13.0 Å². The first-order valence-corrected chi connectivity index (χ1v) is 6.12. The van der Waals surface area contributed by atoms with Crippen molar-refractivity contribution in [3.63, 3.8) is 0 Å². The summed E-state index contributed by atoms with van der Waals surface area (Å²) in [6.45, 7) is 1.97. The largest absolute Gasteiger partial charge is 0.323 e. The van der Waals surface area contributed by atoms with Crippen LogP contribution in [0.4, 0.5) is 0 Å². The van der Waals surface area contributed by atoms with Gasteiger partial charge in [0.2, 0.25) is 0 Å². The first kappa shape index (κ1) is 10.2. The molecule has 0 fully saturated rings. The summed E-state index contributed by atoms with van der Waals surface area (Å²) in [4.78, 5) is 1.16. The van der Waals surface area contributed by atoms with Gasteiger partial charge in [0.25, 0.3) is 0 Å². The van der Waals surface area contributed by atoms with E-state index in [0.29, 0.717) is 0 Å². The molecule has 1 rings (SSSR count). The van der Waals surface area contributed by atoms with E-state index in [1.54, 1.807) is 11.3 Å². The molecule has 0 aromatic carbocycles. The summed E-state index contributed by atoms with van der Waals surface area (Å²) in [5.74, 6) is 0. The number of nitrogens with two attached hydrogens (primary N) is 1. The maximum absolute atomic E-state index is 5.74. The van der Waals surface area contributed by atoms with E-state index in [1.165, 1.54) is 0 Å². The molecular formula is C6H6Br3NS. The highest BCUT2D eigenvalue weighted by Gasteiger charge is 2.14. The highest BCUT2D eigenvalue weighted by molar-refractivity contribution is 9.14. The Morgan fingerprint density at radius 1 is 1.27 bits per heavy atom. The SMILES string of the molecule is C[C@@H](N)c1sc(Br)c(Br)c1Br. The quantitative estimate of drug-likeness (QED) is 0.800. The topological polar surface area (TPSA) is 26.0 Å². The molecule has 0 radical (unpaired) electrons. The number of hydrogen-bond acceptors (Lipinski definition) is 2. The van der Waals surface area contributed by atoms with Gasteiger partial charge in [0.1, 0.15) is 0 Å². The zero-order chi connectivity index (χ0) is 8.59. The van der Waals surface area contributed by atoms with Crippen molar-refractivity contribution in [2.24, 2.45) is 5.73 Å². The van der Waals surface area contributed by atoms with Gasteiger partial charge in [0.05, 0.1) is 8.26 Å². The fourth-order valence-electron chi connectivity index (χ4n) is 0.673. The van der Waals surface area contributed by atoms with Gasteiger partial charge >= 0.3 is 0 Å². The maximum Gasteiger partial charge on any atom is 0.0855 e. The molecule has 0 aliphatic heterocycles. The third-order valence-corrected chi connectivity index (χ3v) is 6.46. The first-order chi connectivity index (χ1) is 5.04. The highest BCUT2D eigenvalue weighted by atomic mass is 79.9. The molecule has 1 aromatic heterocycles. The van der Waals surface area contributed by atoms with Crippen LogP contribution < -0.4 is 5.73 Å². The standard InChI is InChI=1S/C6H6Br3NS/c1-2(10)5-3(7)4(8)6(9)11-5/h2H,10H2,1H3/t2-/m1/s1. The fourth-order valence-corrected chi connectivity index (χ4v) is 3.94. The summed E-state index contributed by atoms with van der Waals surface area (Å²) in [5, 5.41) is 0. The number of thiophene rings is 1. The predicted octanol–water partition coefficient (Wildman–Crippen LogP) is 4.06. The Labute approximate surface area is 94.7 Å². The van der Waals surface area contributed by atoms with Crippen molar-refractivity contribution >= 4 is 59.1 Å². The number of rotatable bonds is 1. The van der Waals surface area contributed by atoms with Gasteiger partial charge in [0.15, 0.2) is 0 Å². The molecule has 0 aliphatic carbocycles. The van der Waals surface area contributed by atoms with Crippen molar-refractivity contribution in [1.29, 1.82) is 0 Å². The molecule has 5 heteroatoms. The smallest absolute Gasteiger partial charge is 0.0855 e. The van der Waals surface area contributed by atoms with E-state index in [9.17, 15) is 0 Å². The van der Waals surface area contributed by atoms with Gasteiger partial charge in [-0.05, 0) is 54.7 Å². The van der Waals surface area contributed by atoms with E-state index in [0.717, 1.165) is 17.6 Å². The van der Waals surface area contributed by atoms with Crippen LogP contribution in [0.2, 0.25) is 0 Å². The zero-order valence-corrected chi connectivity index (χ0v) is 11.3. The molecule has 11 heavy (non-hydrogen) atoms. The Morgan fingerprint density at radius 3 is 2.00 bits per heavy atom. The lowest BCUT2D eigenvalue weighted by atomic mass is 10.3. The molecule has 0 bridgehead atoms. The molecule has 0 saturated heterocycles. The van der Waals surface area contributed by atoms with Crippen LogP contribution in [0.5, 0.6) is 0 Å². The van der Waals surface area contributed by atoms with Gasteiger partial charge in [-0.3, -0.25) is 0 Å². The summed E-state index contributed by atoms with van der Waals surface area (Å²) >= 11 is 12.0. The van der Waals surface area contributed by atoms with Crippen LogP contribution >= 0.6 is 59.1 Å². The summed E-state index contributed by atoms with van der Waals surface area (Å²) in [7, 11) is 0. The van der Waals surface area contributed by atoms with E-state index in [-0.39, 0.29) is 6.04 Å². The first-order valence-electron chi connectivity index (χ1n) is 2.92. The van der Waals surface area contributed by atoms with E-state index in [1.807, 2.05) is 6.92 Å². The van der Waals surface area contributed by atoms with Gasteiger partial charge in [-0.2, -0.15) is 0 Å². The Kier molecular flexibility index (Phi) is 3.58. The van der Waals surface area contributed by atoms with Crippen molar-refractivity contribution in [1.82, 2.24) is 0 Å². The Morgan fingerprint density at radius 2 is 1.82 bits per heavy atom. The average Bonchev–Trinajstić information content (AvgIpc) is 2.17. The van der Waals surface area contributed by atoms with Crippen LogP contribution in [0.25, 0.3) is 0 Å². The van der Waals surface area contributed by atoms with Crippen molar-refractivity contribution in [3.8, 4) is 0 Å². The molecule has 0 unspecified atom stereocenters. The summed E-state index contributed by atoms with van der Waals surface area (Å²) < 4.78 is 3.19. The average molecular weight is 364 g/mol. The lowest BCUT2D eigenvalue weighted by molar-refractivity contribution is 0.834. The van der Waals surface area contributed by atoms with Crippen LogP contribution in [-0.2, 0) is 0 Å². The molecule has 0 aliphatic rings. The lowest BCUT2D eigenvalue weighted by Crippen LogP contribution is -2.02. The summed E-state index contributed by atoms with van der Waals surface area (Å²) in [6, 6.07) is 0.0805. The van der Waals surface area contributed by atoms with Gasteiger partial charge in [0, 0.05) is 15.4 Å². The highest BCUT2D eigenvalue weighted by Crippen LogP contribution is 2.42. The minimum Gasteiger partial charge on any atom is -0.323 e. The van der Waals surface area contributed by atoms with E-state index in [2.05, 4.69) is 47.8 Å². The van der Waals surface area contributed by atoms with Crippen LogP contribution in [-0.4, -0.2) is 0 Å². The van der Waals surface area contributed by atoms with Crippen LogP contribution in [0, 0.1) is 0 Å². The summed E-state index contributed by atoms with van der Waals surface area (Å²) in [5.41, 5.74) is 5.74. The van der Waals surface area contributed by atoms with Gasteiger partial charge in [-0.15, -0.1) is 11.3 Å². The van der Waals surface area contributed by atoms with E-state index < -0.39 is 0 Å². The minimum atomic E-state index is 0.0805. The molecule has 1 aromatic rings. The normalized spacial score (nSPS) is 13.5. The lowest BCUT2D eigenvalue weighted by Gasteiger charge is -2.00. The predicted molar refractivity (Wildman–Crippen MR) is 60.0 cm³/mol. The van der Waals surface area contributed by atoms with Crippen LogP contribution in [0.3, 0.4) is 0 Å². The molecule has 1 atom stereocenters. The van der Waals surface area contributed by atoms with Gasteiger partial charge in [-0.1, -0.05) is 0 Å². The minimum absolute atomic E-state index is 0.0805.